The third-order valence-corrected chi connectivity index (χ3v) is 2.73. The minimum absolute atomic E-state index is 0.0743. The normalized spacial score (nSPS) is 10.7. The van der Waals surface area contributed by atoms with E-state index in [1.807, 2.05) is 6.92 Å². The summed E-state index contributed by atoms with van der Waals surface area (Å²) in [7, 11) is 0. The summed E-state index contributed by atoms with van der Waals surface area (Å²) < 4.78 is 28.4. The van der Waals surface area contributed by atoms with E-state index in [2.05, 4.69) is 20.3 Å². The Morgan fingerprint density at radius 2 is 2.10 bits per heavy atom. The first-order valence-corrected chi connectivity index (χ1v) is 6.49. The summed E-state index contributed by atoms with van der Waals surface area (Å²) in [6, 6.07) is 7.65. The first-order valence-electron chi connectivity index (χ1n) is 6.49. The van der Waals surface area contributed by atoms with Gasteiger partial charge in [0, 0.05) is 12.1 Å². The Labute approximate surface area is 120 Å². The van der Waals surface area contributed by atoms with Gasteiger partial charge in [-0.1, -0.05) is 6.92 Å². The predicted molar refractivity (Wildman–Crippen MR) is 73.3 cm³/mol. The molecule has 2 rings (SSSR count). The third-order valence-electron chi connectivity index (χ3n) is 2.73. The number of halogens is 2. The number of hydrogen-bond acceptors (Lipinski definition) is 3. The van der Waals surface area contributed by atoms with Gasteiger partial charge in [-0.2, -0.15) is 13.9 Å². The van der Waals surface area contributed by atoms with Crippen LogP contribution in [0.1, 0.15) is 23.8 Å². The molecule has 0 spiro atoms. The summed E-state index contributed by atoms with van der Waals surface area (Å²) in [4.78, 5) is 11.7. The molecule has 21 heavy (non-hydrogen) atoms. The summed E-state index contributed by atoms with van der Waals surface area (Å²) in [5.41, 5.74) is 1.61. The highest BCUT2D eigenvalue weighted by atomic mass is 19.3. The van der Waals surface area contributed by atoms with Crippen molar-refractivity contribution in [2.45, 2.75) is 20.0 Å². The maximum absolute atomic E-state index is 12.1. The zero-order valence-electron chi connectivity index (χ0n) is 11.4. The number of aromatic amines is 1. The van der Waals surface area contributed by atoms with E-state index in [9.17, 15) is 13.6 Å². The lowest BCUT2D eigenvalue weighted by atomic mass is 10.1. The van der Waals surface area contributed by atoms with Crippen LogP contribution in [-0.4, -0.2) is 29.3 Å². The highest BCUT2D eigenvalue weighted by molar-refractivity contribution is 5.93. The molecule has 2 aromatic rings. The lowest BCUT2D eigenvalue weighted by Crippen LogP contribution is -2.24. The molecule has 0 unspecified atom stereocenters. The largest absolute Gasteiger partial charge is 0.435 e. The molecule has 0 aliphatic carbocycles. The quantitative estimate of drug-likeness (QED) is 0.861. The van der Waals surface area contributed by atoms with Crippen LogP contribution in [0.15, 0.2) is 30.3 Å². The SMILES string of the molecule is CCCNC(=O)c1cc(-c2ccc(OC(F)F)cc2)n[nH]1. The fraction of sp³-hybridized carbons (Fsp3) is 0.286. The molecule has 1 heterocycles. The number of carbonyl (C=O) groups excluding carboxylic acids is 1. The van der Waals surface area contributed by atoms with Crippen LogP contribution in [-0.2, 0) is 0 Å². The van der Waals surface area contributed by atoms with Gasteiger partial charge in [0.1, 0.15) is 11.4 Å². The summed E-state index contributed by atoms with van der Waals surface area (Å²) in [6.45, 7) is -0.302. The molecule has 0 saturated heterocycles. The van der Waals surface area contributed by atoms with Crippen LogP contribution < -0.4 is 10.1 Å². The van der Waals surface area contributed by atoms with E-state index in [0.717, 1.165) is 6.42 Å². The molecular formula is C14H15F2N3O2. The molecule has 0 saturated carbocycles. The minimum Gasteiger partial charge on any atom is -0.435 e. The zero-order chi connectivity index (χ0) is 15.2. The predicted octanol–water partition coefficient (Wildman–Crippen LogP) is 2.82. The molecule has 0 atom stereocenters. The lowest BCUT2D eigenvalue weighted by Gasteiger charge is -2.04. The van der Waals surface area contributed by atoms with E-state index in [1.165, 1.54) is 12.1 Å². The van der Waals surface area contributed by atoms with Gasteiger partial charge in [-0.05, 0) is 36.8 Å². The zero-order valence-corrected chi connectivity index (χ0v) is 11.4. The highest BCUT2D eigenvalue weighted by Crippen LogP contribution is 2.22. The third kappa shape index (κ3) is 4.01. The number of carbonyl (C=O) groups is 1. The summed E-state index contributed by atoms with van der Waals surface area (Å²) in [6.07, 6.45) is 0.846. The van der Waals surface area contributed by atoms with Gasteiger partial charge < -0.3 is 10.1 Å². The van der Waals surface area contributed by atoms with E-state index in [-0.39, 0.29) is 11.7 Å². The van der Waals surface area contributed by atoms with Crippen molar-refractivity contribution < 1.29 is 18.3 Å². The molecular weight excluding hydrogens is 280 g/mol. The van der Waals surface area contributed by atoms with Crippen molar-refractivity contribution in [3.63, 3.8) is 0 Å². The Balaban J connectivity index is 2.08. The van der Waals surface area contributed by atoms with Gasteiger partial charge in [-0.3, -0.25) is 9.89 Å². The van der Waals surface area contributed by atoms with Gasteiger partial charge in [0.15, 0.2) is 0 Å². The number of alkyl halides is 2. The Morgan fingerprint density at radius 1 is 1.38 bits per heavy atom. The molecule has 5 nitrogen and oxygen atoms in total. The van der Waals surface area contributed by atoms with Crippen molar-refractivity contribution in [1.29, 1.82) is 0 Å². The molecule has 1 aromatic heterocycles. The Hall–Kier alpha value is -2.44. The van der Waals surface area contributed by atoms with Crippen molar-refractivity contribution >= 4 is 5.91 Å². The first-order chi connectivity index (χ1) is 10.1. The standard InChI is InChI=1S/C14H15F2N3O2/c1-2-7-17-13(20)12-8-11(18-19-12)9-3-5-10(6-4-9)21-14(15)16/h3-6,8,14H,2,7H2,1H3,(H,17,20)(H,18,19). The van der Waals surface area contributed by atoms with Crippen molar-refractivity contribution in [3.8, 4) is 17.0 Å². The van der Waals surface area contributed by atoms with Crippen LogP contribution >= 0.6 is 0 Å². The van der Waals surface area contributed by atoms with E-state index >= 15 is 0 Å². The number of hydrogen-bond donors (Lipinski definition) is 2. The minimum atomic E-state index is -2.85. The molecule has 0 aliphatic rings. The van der Waals surface area contributed by atoms with Crippen LogP contribution in [0.25, 0.3) is 11.3 Å². The number of aromatic nitrogens is 2. The maximum Gasteiger partial charge on any atom is 0.387 e. The smallest absolute Gasteiger partial charge is 0.387 e. The molecule has 7 heteroatoms. The number of amides is 1. The van der Waals surface area contributed by atoms with E-state index in [1.54, 1.807) is 18.2 Å². The fourth-order valence-electron chi connectivity index (χ4n) is 1.73. The van der Waals surface area contributed by atoms with Crippen molar-refractivity contribution in [3.05, 3.63) is 36.0 Å². The van der Waals surface area contributed by atoms with Crippen molar-refractivity contribution in [1.82, 2.24) is 15.5 Å². The number of H-pyrrole nitrogens is 1. The van der Waals surface area contributed by atoms with E-state index in [0.29, 0.717) is 23.5 Å². The average molecular weight is 295 g/mol. The summed E-state index contributed by atoms with van der Waals surface area (Å²) in [5.74, 6) is -0.154. The molecule has 0 aliphatic heterocycles. The van der Waals surface area contributed by atoms with Crippen LogP contribution in [0.3, 0.4) is 0 Å². The Bertz CT molecular complexity index is 597. The lowest BCUT2D eigenvalue weighted by molar-refractivity contribution is -0.0498. The van der Waals surface area contributed by atoms with Crippen LogP contribution in [0, 0.1) is 0 Å². The molecule has 112 valence electrons. The van der Waals surface area contributed by atoms with Gasteiger partial charge >= 0.3 is 6.61 Å². The van der Waals surface area contributed by atoms with Crippen molar-refractivity contribution in [2.75, 3.05) is 6.54 Å². The van der Waals surface area contributed by atoms with Gasteiger partial charge in [0.05, 0.1) is 5.69 Å². The number of ether oxygens (including phenoxy) is 1. The maximum atomic E-state index is 12.1. The Kier molecular flexibility index (Phi) is 4.86. The molecule has 1 amide bonds. The second kappa shape index (κ2) is 6.83. The number of rotatable bonds is 6. The number of benzene rings is 1. The topological polar surface area (TPSA) is 67.0 Å². The average Bonchev–Trinajstić information content (AvgIpc) is 2.95. The molecule has 1 aromatic carbocycles. The van der Waals surface area contributed by atoms with E-state index < -0.39 is 6.61 Å². The van der Waals surface area contributed by atoms with Crippen molar-refractivity contribution in [2.24, 2.45) is 0 Å². The molecule has 0 radical (unpaired) electrons. The second-order valence-electron chi connectivity index (χ2n) is 4.33. The van der Waals surface area contributed by atoms with E-state index in [4.69, 9.17) is 0 Å². The molecule has 2 N–H and O–H groups in total. The second-order valence-corrected chi connectivity index (χ2v) is 4.33. The molecule has 0 fully saturated rings. The summed E-state index contributed by atoms with van der Waals surface area (Å²) >= 11 is 0. The molecule has 0 bridgehead atoms. The van der Waals surface area contributed by atoms with Gasteiger partial charge in [0.2, 0.25) is 0 Å². The first kappa shape index (κ1) is 15.0. The van der Waals surface area contributed by atoms with Gasteiger partial charge in [-0.25, -0.2) is 0 Å². The summed E-state index contributed by atoms with van der Waals surface area (Å²) in [5, 5.41) is 9.41. The number of nitrogens with zero attached hydrogens (tertiary/aromatic N) is 1. The monoisotopic (exact) mass is 295 g/mol. The van der Waals surface area contributed by atoms with Crippen LogP contribution in [0.2, 0.25) is 0 Å². The van der Waals surface area contributed by atoms with Gasteiger partial charge in [0.25, 0.3) is 5.91 Å². The fourth-order valence-corrected chi connectivity index (χ4v) is 1.73. The Morgan fingerprint density at radius 3 is 2.71 bits per heavy atom. The van der Waals surface area contributed by atoms with Crippen LogP contribution in [0.4, 0.5) is 8.78 Å². The van der Waals surface area contributed by atoms with Gasteiger partial charge in [-0.15, -0.1) is 0 Å². The van der Waals surface area contributed by atoms with Crippen LogP contribution in [0.5, 0.6) is 5.75 Å². The number of nitrogens with one attached hydrogen (secondary N) is 2. The highest BCUT2D eigenvalue weighted by Gasteiger charge is 2.11.